The van der Waals surface area contributed by atoms with Crippen molar-refractivity contribution in [3.63, 3.8) is 0 Å². The number of anilines is 1. The Hall–Kier alpha value is -1.11. The van der Waals surface area contributed by atoms with Crippen LogP contribution in [-0.4, -0.2) is 37.0 Å². The Labute approximate surface area is 115 Å². The Kier molecular flexibility index (Phi) is 4.95. The van der Waals surface area contributed by atoms with E-state index in [1.54, 1.807) is 26.8 Å². The van der Waals surface area contributed by atoms with Crippen LogP contribution in [0.3, 0.4) is 0 Å². The summed E-state index contributed by atoms with van der Waals surface area (Å²) in [6.45, 7) is 7.02. The summed E-state index contributed by atoms with van der Waals surface area (Å²) in [5.74, 6) is 0. The molecule has 108 valence electrons. The Bertz CT molecular complexity index is 553. The van der Waals surface area contributed by atoms with Crippen LogP contribution in [0.1, 0.15) is 25.0 Å². The summed E-state index contributed by atoms with van der Waals surface area (Å²) in [5.41, 5.74) is 7.70. The number of nitrogens with two attached hydrogens (primary N) is 1. The van der Waals surface area contributed by atoms with Crippen molar-refractivity contribution in [3.05, 3.63) is 23.3 Å². The van der Waals surface area contributed by atoms with Gasteiger partial charge in [-0.2, -0.15) is 4.31 Å². The van der Waals surface area contributed by atoms with Gasteiger partial charge in [-0.1, -0.05) is 0 Å². The second-order valence-electron chi connectivity index (χ2n) is 4.89. The third-order valence-electron chi connectivity index (χ3n) is 3.13. The molecule has 5 nitrogen and oxygen atoms in total. The van der Waals surface area contributed by atoms with E-state index in [1.165, 1.54) is 10.4 Å². The normalized spacial score (nSPS) is 12.4. The minimum Gasteiger partial charge on any atom is -0.399 e. The highest BCUT2D eigenvalue weighted by Crippen LogP contribution is 2.26. The quantitative estimate of drug-likeness (QED) is 0.799. The molecule has 1 rings (SSSR count). The van der Waals surface area contributed by atoms with Crippen molar-refractivity contribution in [2.75, 3.05) is 18.9 Å². The number of aliphatic hydroxyl groups is 1. The van der Waals surface area contributed by atoms with Crippen LogP contribution in [0, 0.1) is 13.8 Å². The van der Waals surface area contributed by atoms with Crippen LogP contribution in [0.25, 0.3) is 0 Å². The third kappa shape index (κ3) is 3.26. The number of benzene rings is 1. The van der Waals surface area contributed by atoms with E-state index < -0.39 is 10.0 Å². The van der Waals surface area contributed by atoms with Crippen molar-refractivity contribution < 1.29 is 13.5 Å². The number of rotatable bonds is 5. The monoisotopic (exact) mass is 286 g/mol. The average molecular weight is 286 g/mol. The van der Waals surface area contributed by atoms with Crippen LogP contribution in [-0.2, 0) is 10.0 Å². The second kappa shape index (κ2) is 5.90. The van der Waals surface area contributed by atoms with Gasteiger partial charge in [0.15, 0.2) is 0 Å². The van der Waals surface area contributed by atoms with E-state index in [2.05, 4.69) is 0 Å². The first-order valence-corrected chi connectivity index (χ1v) is 7.65. The summed E-state index contributed by atoms with van der Waals surface area (Å²) >= 11 is 0. The largest absolute Gasteiger partial charge is 0.399 e. The van der Waals surface area contributed by atoms with Crippen LogP contribution >= 0.6 is 0 Å². The van der Waals surface area contributed by atoms with Gasteiger partial charge in [-0.05, 0) is 51.0 Å². The molecular weight excluding hydrogens is 264 g/mol. The van der Waals surface area contributed by atoms with E-state index in [1.807, 2.05) is 6.92 Å². The van der Waals surface area contributed by atoms with Crippen LogP contribution in [0.2, 0.25) is 0 Å². The minimum absolute atomic E-state index is 0.0767. The summed E-state index contributed by atoms with van der Waals surface area (Å²) in [5, 5.41) is 9.04. The van der Waals surface area contributed by atoms with Crippen molar-refractivity contribution >= 4 is 15.7 Å². The van der Waals surface area contributed by atoms with Gasteiger partial charge in [-0.15, -0.1) is 0 Å². The highest BCUT2D eigenvalue weighted by atomic mass is 32.2. The molecule has 0 saturated heterocycles. The van der Waals surface area contributed by atoms with Crippen molar-refractivity contribution in [2.45, 2.75) is 38.6 Å². The van der Waals surface area contributed by atoms with Gasteiger partial charge < -0.3 is 10.8 Å². The maximum atomic E-state index is 12.6. The lowest BCUT2D eigenvalue weighted by molar-refractivity contribution is 0.236. The molecule has 0 aliphatic rings. The fourth-order valence-corrected chi connectivity index (χ4v) is 3.97. The summed E-state index contributed by atoms with van der Waals surface area (Å²) in [4.78, 5) is 0.215. The van der Waals surface area contributed by atoms with Crippen LogP contribution in [0.5, 0.6) is 0 Å². The fraction of sp³-hybridized carbons (Fsp3) is 0.538. The topological polar surface area (TPSA) is 83.6 Å². The molecule has 3 N–H and O–H groups in total. The number of aryl methyl sites for hydroxylation is 1. The second-order valence-corrected chi connectivity index (χ2v) is 6.75. The molecule has 19 heavy (non-hydrogen) atoms. The number of sulfonamides is 1. The first-order valence-electron chi connectivity index (χ1n) is 6.21. The van der Waals surface area contributed by atoms with Crippen LogP contribution < -0.4 is 5.73 Å². The zero-order chi connectivity index (χ0) is 14.8. The average Bonchev–Trinajstić information content (AvgIpc) is 2.29. The molecule has 0 saturated carbocycles. The molecule has 1 aromatic rings. The Morgan fingerprint density at radius 2 is 1.89 bits per heavy atom. The number of nitrogen functional groups attached to an aromatic ring is 1. The summed E-state index contributed by atoms with van der Waals surface area (Å²) in [6.07, 6.45) is 0. The molecular formula is C13H22N2O3S. The van der Waals surface area contributed by atoms with Gasteiger partial charge in [0, 0.05) is 18.3 Å². The smallest absolute Gasteiger partial charge is 0.243 e. The van der Waals surface area contributed by atoms with Gasteiger partial charge in [0.05, 0.1) is 11.5 Å². The molecule has 0 amide bonds. The lowest BCUT2D eigenvalue weighted by Crippen LogP contribution is -2.39. The maximum absolute atomic E-state index is 12.6. The maximum Gasteiger partial charge on any atom is 0.243 e. The Morgan fingerprint density at radius 1 is 1.32 bits per heavy atom. The first-order chi connectivity index (χ1) is 8.71. The summed E-state index contributed by atoms with van der Waals surface area (Å²) in [6, 6.07) is 3.00. The summed E-state index contributed by atoms with van der Waals surface area (Å²) in [7, 11) is -3.64. The number of nitrogens with zero attached hydrogens (tertiary/aromatic N) is 1. The summed E-state index contributed by atoms with van der Waals surface area (Å²) < 4.78 is 26.6. The highest BCUT2D eigenvalue weighted by Gasteiger charge is 2.28. The lowest BCUT2D eigenvalue weighted by atomic mass is 10.1. The number of aliphatic hydroxyl groups excluding tert-OH is 1. The molecule has 0 atom stereocenters. The Balaban J connectivity index is 3.41. The predicted molar refractivity (Wildman–Crippen MR) is 76.4 cm³/mol. The molecule has 0 radical (unpaired) electrons. The molecule has 0 aliphatic carbocycles. The standard InChI is InChI=1S/C13H22N2O3S/c1-9(2)15(5-6-16)19(17,18)13-8-12(14)7-10(3)11(13)4/h7-9,16H,5-6,14H2,1-4H3. The predicted octanol–water partition coefficient (Wildman–Crippen LogP) is 1.28. The van der Waals surface area contributed by atoms with Gasteiger partial charge >= 0.3 is 0 Å². The Morgan fingerprint density at radius 3 is 2.37 bits per heavy atom. The van der Waals surface area contributed by atoms with Crippen molar-refractivity contribution in [1.82, 2.24) is 4.31 Å². The van der Waals surface area contributed by atoms with E-state index in [-0.39, 0.29) is 24.1 Å². The molecule has 0 spiro atoms. The number of hydrogen-bond acceptors (Lipinski definition) is 4. The van der Waals surface area contributed by atoms with Gasteiger partial charge in [0.25, 0.3) is 0 Å². The van der Waals surface area contributed by atoms with Gasteiger partial charge in [-0.3, -0.25) is 0 Å². The molecule has 0 aromatic heterocycles. The molecule has 6 heteroatoms. The van der Waals surface area contributed by atoms with E-state index >= 15 is 0 Å². The van der Waals surface area contributed by atoms with Gasteiger partial charge in [0.2, 0.25) is 10.0 Å². The van der Waals surface area contributed by atoms with Crippen molar-refractivity contribution in [3.8, 4) is 0 Å². The van der Waals surface area contributed by atoms with Crippen LogP contribution in [0.15, 0.2) is 17.0 Å². The van der Waals surface area contributed by atoms with E-state index in [4.69, 9.17) is 10.8 Å². The van der Waals surface area contributed by atoms with Crippen LogP contribution in [0.4, 0.5) is 5.69 Å². The minimum atomic E-state index is -3.64. The van der Waals surface area contributed by atoms with Crippen molar-refractivity contribution in [1.29, 1.82) is 0 Å². The van der Waals surface area contributed by atoms with E-state index in [0.717, 1.165) is 5.56 Å². The highest BCUT2D eigenvalue weighted by molar-refractivity contribution is 7.89. The first kappa shape index (κ1) is 15.9. The van der Waals surface area contributed by atoms with Gasteiger partial charge in [-0.25, -0.2) is 8.42 Å². The fourth-order valence-electron chi connectivity index (χ4n) is 2.00. The third-order valence-corrected chi connectivity index (χ3v) is 5.33. The van der Waals surface area contributed by atoms with E-state index in [0.29, 0.717) is 11.3 Å². The molecule has 0 fully saturated rings. The SMILES string of the molecule is Cc1cc(N)cc(S(=O)(=O)N(CCO)C(C)C)c1C. The zero-order valence-corrected chi connectivity index (χ0v) is 12.7. The van der Waals surface area contributed by atoms with E-state index in [9.17, 15) is 8.42 Å². The molecule has 0 aliphatic heterocycles. The lowest BCUT2D eigenvalue weighted by Gasteiger charge is -2.26. The molecule has 0 bridgehead atoms. The molecule has 1 aromatic carbocycles. The zero-order valence-electron chi connectivity index (χ0n) is 11.8. The van der Waals surface area contributed by atoms with Crippen molar-refractivity contribution in [2.24, 2.45) is 0 Å². The number of hydrogen-bond donors (Lipinski definition) is 2. The van der Waals surface area contributed by atoms with Gasteiger partial charge in [0.1, 0.15) is 0 Å². The molecule has 0 unspecified atom stereocenters. The molecule has 0 heterocycles.